The molecule has 0 atom stereocenters. The first-order valence-electron chi connectivity index (χ1n) is 9.41. The van der Waals surface area contributed by atoms with E-state index in [-0.39, 0.29) is 11.7 Å². The van der Waals surface area contributed by atoms with E-state index in [1.54, 1.807) is 35.0 Å². The number of nitrogens with zero attached hydrogens (tertiary/aromatic N) is 3. The van der Waals surface area contributed by atoms with Crippen LogP contribution in [-0.4, -0.2) is 15.7 Å². The van der Waals surface area contributed by atoms with Gasteiger partial charge in [0.2, 0.25) is 0 Å². The Labute approximate surface area is 172 Å². The Kier molecular flexibility index (Phi) is 4.15. The second-order valence-electron chi connectivity index (χ2n) is 7.01. The first-order valence-corrected chi connectivity index (χ1v) is 9.41. The maximum atomic E-state index is 13.5. The largest absolute Gasteiger partial charge is 0.348 e. The van der Waals surface area contributed by atoms with E-state index in [2.05, 4.69) is 11.4 Å². The zero-order valence-corrected chi connectivity index (χ0v) is 15.8. The van der Waals surface area contributed by atoms with Gasteiger partial charge >= 0.3 is 0 Å². The van der Waals surface area contributed by atoms with E-state index in [1.165, 1.54) is 12.1 Å². The number of nitriles is 1. The fraction of sp³-hybridized carbons (Fsp3) is 0.0417. The minimum absolute atomic E-state index is 0.0910. The van der Waals surface area contributed by atoms with Crippen molar-refractivity contribution in [2.45, 2.75) is 6.54 Å². The first kappa shape index (κ1) is 17.8. The van der Waals surface area contributed by atoms with E-state index in [1.807, 2.05) is 30.3 Å². The Hall–Kier alpha value is -4.24. The predicted molar refractivity (Wildman–Crippen MR) is 110 cm³/mol. The summed E-state index contributed by atoms with van der Waals surface area (Å²) in [5, 5.41) is 16.9. The normalized spacial score (nSPS) is 12.3. The number of aromatic nitrogens is 2. The topological polar surface area (TPSA) is 70.7 Å². The molecule has 5 nitrogen and oxygen atoms in total. The summed E-state index contributed by atoms with van der Waals surface area (Å²) in [5.41, 5.74) is 5.94. The van der Waals surface area contributed by atoms with E-state index in [0.29, 0.717) is 29.1 Å². The Balaban J connectivity index is 1.73. The van der Waals surface area contributed by atoms with E-state index >= 15 is 0 Å². The van der Waals surface area contributed by atoms with Crippen molar-refractivity contribution in [2.24, 2.45) is 0 Å². The van der Waals surface area contributed by atoms with Gasteiger partial charge in [0, 0.05) is 23.2 Å². The number of rotatable bonds is 3. The lowest BCUT2D eigenvalue weighted by Crippen LogP contribution is -2.12. The molecule has 0 unspecified atom stereocenters. The van der Waals surface area contributed by atoms with Gasteiger partial charge in [-0.2, -0.15) is 10.4 Å². The third-order valence-corrected chi connectivity index (χ3v) is 5.19. The summed E-state index contributed by atoms with van der Waals surface area (Å²) >= 11 is 0. The first-order chi connectivity index (χ1) is 14.6. The van der Waals surface area contributed by atoms with Crippen LogP contribution >= 0.6 is 0 Å². The molecular formula is C24H15FN4O. The van der Waals surface area contributed by atoms with Crippen LogP contribution in [0.4, 0.5) is 4.39 Å². The summed E-state index contributed by atoms with van der Waals surface area (Å²) in [6.45, 7) is 0.451. The number of amides is 1. The molecule has 0 bridgehead atoms. The molecule has 144 valence electrons. The molecule has 1 aromatic heterocycles. The fourth-order valence-corrected chi connectivity index (χ4v) is 3.74. The highest BCUT2D eigenvalue weighted by atomic mass is 19.1. The summed E-state index contributed by atoms with van der Waals surface area (Å²) < 4.78 is 15.2. The Morgan fingerprint density at radius 3 is 2.57 bits per heavy atom. The van der Waals surface area contributed by atoms with Crippen molar-refractivity contribution in [3.05, 3.63) is 95.3 Å². The minimum atomic E-state index is -0.329. The maximum absolute atomic E-state index is 13.5. The van der Waals surface area contributed by atoms with Crippen LogP contribution in [0.5, 0.6) is 0 Å². The average molecular weight is 394 g/mol. The van der Waals surface area contributed by atoms with Crippen LogP contribution in [0.3, 0.4) is 0 Å². The molecular weight excluding hydrogens is 379 g/mol. The van der Waals surface area contributed by atoms with Gasteiger partial charge < -0.3 is 5.32 Å². The summed E-state index contributed by atoms with van der Waals surface area (Å²) in [6, 6.07) is 23.0. The lowest BCUT2D eigenvalue weighted by molar-refractivity contribution is 0.0965. The Morgan fingerprint density at radius 1 is 1.00 bits per heavy atom. The van der Waals surface area contributed by atoms with Crippen molar-refractivity contribution in [3.63, 3.8) is 0 Å². The van der Waals surface area contributed by atoms with E-state index in [9.17, 15) is 14.4 Å². The third kappa shape index (κ3) is 2.93. The fourth-order valence-electron chi connectivity index (χ4n) is 3.74. The monoisotopic (exact) mass is 394 g/mol. The van der Waals surface area contributed by atoms with Gasteiger partial charge in [-0.15, -0.1) is 0 Å². The van der Waals surface area contributed by atoms with Gasteiger partial charge in [0.25, 0.3) is 5.91 Å². The van der Waals surface area contributed by atoms with Gasteiger partial charge in [-0.25, -0.2) is 9.07 Å². The molecule has 1 aliphatic heterocycles. The molecule has 0 saturated carbocycles. The quantitative estimate of drug-likeness (QED) is 0.558. The van der Waals surface area contributed by atoms with Crippen molar-refractivity contribution in [1.29, 1.82) is 5.26 Å². The SMILES string of the molecule is N#Cc1cccc(-c2cc(-c3cccc4c3CNC4=O)nn2-c2ccc(F)cc2)c1. The maximum Gasteiger partial charge on any atom is 0.251 e. The second kappa shape index (κ2) is 6.98. The van der Waals surface area contributed by atoms with Crippen molar-refractivity contribution >= 4 is 5.91 Å². The van der Waals surface area contributed by atoms with Crippen LogP contribution in [0.25, 0.3) is 28.2 Å². The van der Waals surface area contributed by atoms with Crippen molar-refractivity contribution < 1.29 is 9.18 Å². The predicted octanol–water partition coefficient (Wildman–Crippen LogP) is 4.46. The molecule has 1 N–H and O–H groups in total. The van der Waals surface area contributed by atoms with Crippen LogP contribution in [0.2, 0.25) is 0 Å². The highest BCUT2D eigenvalue weighted by molar-refractivity contribution is 6.00. The zero-order valence-electron chi connectivity index (χ0n) is 15.8. The summed E-state index contributed by atoms with van der Waals surface area (Å²) in [4.78, 5) is 12.1. The molecule has 2 heterocycles. The van der Waals surface area contributed by atoms with Gasteiger partial charge in [0.1, 0.15) is 5.82 Å². The highest BCUT2D eigenvalue weighted by Gasteiger charge is 2.24. The molecule has 0 spiro atoms. The molecule has 0 aliphatic carbocycles. The smallest absolute Gasteiger partial charge is 0.251 e. The lowest BCUT2D eigenvalue weighted by atomic mass is 10.00. The van der Waals surface area contributed by atoms with Crippen LogP contribution in [0.15, 0.2) is 72.8 Å². The van der Waals surface area contributed by atoms with Gasteiger partial charge in [0.15, 0.2) is 0 Å². The summed E-state index contributed by atoms with van der Waals surface area (Å²) in [7, 11) is 0. The van der Waals surface area contributed by atoms with E-state index in [0.717, 1.165) is 22.4 Å². The number of carbonyl (C=O) groups excluding carboxylic acids is 1. The van der Waals surface area contributed by atoms with Gasteiger partial charge in [-0.1, -0.05) is 24.3 Å². The number of halogens is 1. The van der Waals surface area contributed by atoms with Crippen LogP contribution in [-0.2, 0) is 6.54 Å². The molecule has 1 amide bonds. The summed E-state index contributed by atoms with van der Waals surface area (Å²) in [5.74, 6) is -0.420. The number of carbonyl (C=O) groups is 1. The van der Waals surface area contributed by atoms with Crippen LogP contribution in [0.1, 0.15) is 21.5 Å². The molecule has 0 radical (unpaired) electrons. The number of fused-ring (bicyclic) bond motifs is 1. The van der Waals surface area contributed by atoms with Gasteiger partial charge in [-0.05, 0) is 54.1 Å². The molecule has 4 aromatic rings. The van der Waals surface area contributed by atoms with Gasteiger partial charge in [-0.3, -0.25) is 4.79 Å². The van der Waals surface area contributed by atoms with E-state index < -0.39 is 0 Å². The van der Waals surface area contributed by atoms with Crippen molar-refractivity contribution in [2.75, 3.05) is 0 Å². The van der Waals surface area contributed by atoms with Gasteiger partial charge in [0.05, 0.1) is 28.7 Å². The third-order valence-electron chi connectivity index (χ3n) is 5.19. The minimum Gasteiger partial charge on any atom is -0.348 e. The summed E-state index contributed by atoms with van der Waals surface area (Å²) in [6.07, 6.45) is 0. The second-order valence-corrected chi connectivity index (χ2v) is 7.01. The van der Waals surface area contributed by atoms with Crippen molar-refractivity contribution in [1.82, 2.24) is 15.1 Å². The highest BCUT2D eigenvalue weighted by Crippen LogP contribution is 2.33. The molecule has 1 aliphatic rings. The number of nitrogens with one attached hydrogen (secondary N) is 1. The van der Waals surface area contributed by atoms with Crippen LogP contribution in [0, 0.1) is 17.1 Å². The molecule has 0 fully saturated rings. The average Bonchev–Trinajstić information content (AvgIpc) is 3.39. The number of hydrogen-bond acceptors (Lipinski definition) is 3. The molecule has 3 aromatic carbocycles. The molecule has 6 heteroatoms. The van der Waals surface area contributed by atoms with E-state index in [4.69, 9.17) is 5.10 Å². The number of benzene rings is 3. The molecule has 5 rings (SSSR count). The number of hydrogen-bond donors (Lipinski definition) is 1. The Morgan fingerprint density at radius 2 is 1.77 bits per heavy atom. The molecule has 30 heavy (non-hydrogen) atoms. The Bertz CT molecular complexity index is 1330. The zero-order chi connectivity index (χ0) is 20.7. The van der Waals surface area contributed by atoms with Crippen molar-refractivity contribution in [3.8, 4) is 34.3 Å². The lowest BCUT2D eigenvalue weighted by Gasteiger charge is -2.08. The molecule has 0 saturated heterocycles. The standard InChI is InChI=1S/C24H15FN4O/c25-17-7-9-18(10-8-17)29-23(16-4-1-3-15(11-16)13-26)12-22(28-29)19-5-2-6-20-21(19)14-27-24(20)30/h1-12H,14H2,(H,27,30). The van der Waals surface area contributed by atoms with Crippen LogP contribution < -0.4 is 5.32 Å².